The number of fused-ring (bicyclic) bond motifs is 1. The van der Waals surface area contributed by atoms with Crippen molar-refractivity contribution in [3.8, 4) is 0 Å². The molecule has 0 saturated carbocycles. The smallest absolute Gasteiger partial charge is 0.334 e. The Kier molecular flexibility index (Phi) is 4.56. The number of thiophene rings is 1. The lowest BCUT2D eigenvalue weighted by atomic mass is 9.85. The number of Topliss-reactive ketones (excluding diaryl/α,β-unsaturated/α-hetero) is 1. The average Bonchev–Trinajstić information content (AvgIpc) is 2.85. The van der Waals surface area contributed by atoms with Gasteiger partial charge in [0.05, 0.1) is 11.1 Å². The third-order valence-electron chi connectivity index (χ3n) is 4.42. The standard InChI is InChI=1S/C17H16F4N2O2S/c1-9(24)4-5-16(22)7-23(8-16)15(25)14-13(18)11-3-2-10(17(19,20)21)6-12(11)26-14/h2-3,6H,4-5,7-8,22H2,1H3. The number of hydrogen-bond donors (Lipinski definition) is 1. The summed E-state index contributed by atoms with van der Waals surface area (Å²) in [5, 5.41) is -0.0116. The number of nitrogens with zero attached hydrogens (tertiary/aromatic N) is 1. The number of likely N-dealkylation sites (tertiary alicyclic amines) is 1. The fourth-order valence-electron chi connectivity index (χ4n) is 2.96. The van der Waals surface area contributed by atoms with Gasteiger partial charge in [0, 0.05) is 29.6 Å². The highest BCUT2D eigenvalue weighted by atomic mass is 32.1. The topological polar surface area (TPSA) is 63.4 Å². The first-order chi connectivity index (χ1) is 12.0. The van der Waals surface area contributed by atoms with Gasteiger partial charge in [-0.05, 0) is 31.5 Å². The molecular weight excluding hydrogens is 372 g/mol. The van der Waals surface area contributed by atoms with E-state index in [9.17, 15) is 27.2 Å². The van der Waals surface area contributed by atoms with E-state index in [0.717, 1.165) is 18.2 Å². The minimum atomic E-state index is -4.54. The second kappa shape index (κ2) is 6.31. The number of nitrogens with two attached hydrogens (primary N) is 1. The molecule has 4 nitrogen and oxygen atoms in total. The van der Waals surface area contributed by atoms with Crippen LogP contribution in [0.1, 0.15) is 35.0 Å². The molecule has 1 aromatic heterocycles. The Morgan fingerprint density at radius 3 is 2.54 bits per heavy atom. The van der Waals surface area contributed by atoms with Gasteiger partial charge in [0.2, 0.25) is 0 Å². The van der Waals surface area contributed by atoms with Gasteiger partial charge in [-0.2, -0.15) is 13.2 Å². The number of carbonyl (C=O) groups excluding carboxylic acids is 2. The van der Waals surface area contributed by atoms with E-state index in [-0.39, 0.29) is 33.8 Å². The molecule has 26 heavy (non-hydrogen) atoms. The average molecular weight is 388 g/mol. The first kappa shape index (κ1) is 18.8. The molecule has 2 N–H and O–H groups in total. The zero-order chi connectivity index (χ0) is 19.3. The van der Waals surface area contributed by atoms with Crippen LogP contribution < -0.4 is 5.73 Å². The van der Waals surface area contributed by atoms with Crippen LogP contribution in [0.2, 0.25) is 0 Å². The molecule has 0 radical (unpaired) electrons. The molecule has 1 aromatic carbocycles. The van der Waals surface area contributed by atoms with Crippen molar-refractivity contribution in [2.24, 2.45) is 5.73 Å². The molecule has 0 spiro atoms. The van der Waals surface area contributed by atoms with Crippen molar-refractivity contribution >= 4 is 33.1 Å². The van der Waals surface area contributed by atoms with Crippen molar-refractivity contribution in [3.63, 3.8) is 0 Å². The summed E-state index contributed by atoms with van der Waals surface area (Å²) in [4.78, 5) is 24.6. The van der Waals surface area contributed by atoms with Crippen molar-refractivity contribution in [1.29, 1.82) is 0 Å². The predicted octanol–water partition coefficient (Wildman–Crippen LogP) is 3.58. The number of amides is 1. The van der Waals surface area contributed by atoms with Crippen molar-refractivity contribution < 1.29 is 27.2 Å². The number of carbonyl (C=O) groups is 2. The quantitative estimate of drug-likeness (QED) is 0.815. The zero-order valence-corrected chi connectivity index (χ0v) is 14.6. The van der Waals surface area contributed by atoms with Gasteiger partial charge in [0.25, 0.3) is 5.91 Å². The summed E-state index contributed by atoms with van der Waals surface area (Å²) in [5.74, 6) is -1.42. The SMILES string of the molecule is CC(=O)CCC1(N)CN(C(=O)c2sc3cc(C(F)(F)F)ccc3c2F)C1. The van der Waals surface area contributed by atoms with Gasteiger partial charge in [-0.25, -0.2) is 4.39 Å². The van der Waals surface area contributed by atoms with Gasteiger partial charge in [-0.15, -0.1) is 11.3 Å². The lowest BCUT2D eigenvalue weighted by Crippen LogP contribution is -2.68. The monoisotopic (exact) mass is 388 g/mol. The summed E-state index contributed by atoms with van der Waals surface area (Å²) in [7, 11) is 0. The molecule has 1 fully saturated rings. The van der Waals surface area contributed by atoms with Crippen LogP contribution in [0.5, 0.6) is 0 Å². The maximum absolute atomic E-state index is 14.5. The summed E-state index contributed by atoms with van der Waals surface area (Å²) in [6.07, 6.45) is -3.81. The summed E-state index contributed by atoms with van der Waals surface area (Å²) >= 11 is 0.697. The number of halogens is 4. The molecular formula is C17H16F4N2O2S. The summed E-state index contributed by atoms with van der Waals surface area (Å²) in [6, 6.07) is 2.68. The Morgan fingerprint density at radius 2 is 1.96 bits per heavy atom. The van der Waals surface area contributed by atoms with Crippen LogP contribution in [0.4, 0.5) is 17.6 Å². The van der Waals surface area contributed by atoms with Gasteiger partial charge in [-0.1, -0.05) is 0 Å². The van der Waals surface area contributed by atoms with Crippen molar-refractivity contribution in [1.82, 2.24) is 4.90 Å². The molecule has 1 aliphatic heterocycles. The molecule has 0 aliphatic carbocycles. The number of rotatable bonds is 4. The van der Waals surface area contributed by atoms with E-state index < -0.39 is 29.0 Å². The highest BCUT2D eigenvalue weighted by Crippen LogP contribution is 2.37. The van der Waals surface area contributed by atoms with Gasteiger partial charge in [0.15, 0.2) is 5.82 Å². The largest absolute Gasteiger partial charge is 0.416 e. The fourth-order valence-corrected chi connectivity index (χ4v) is 4.05. The van der Waals surface area contributed by atoms with E-state index in [1.807, 2.05) is 0 Å². The number of ketones is 1. The van der Waals surface area contributed by atoms with Crippen LogP contribution in [0.15, 0.2) is 18.2 Å². The Morgan fingerprint density at radius 1 is 1.31 bits per heavy atom. The lowest BCUT2D eigenvalue weighted by molar-refractivity contribution is -0.137. The Bertz CT molecular complexity index is 885. The Hall–Kier alpha value is -2.00. The maximum atomic E-state index is 14.5. The molecule has 140 valence electrons. The van der Waals surface area contributed by atoms with Crippen molar-refractivity contribution in [2.45, 2.75) is 31.5 Å². The fraction of sp³-hybridized carbons (Fsp3) is 0.412. The van der Waals surface area contributed by atoms with Crippen molar-refractivity contribution in [2.75, 3.05) is 13.1 Å². The van der Waals surface area contributed by atoms with E-state index in [0.29, 0.717) is 24.2 Å². The van der Waals surface area contributed by atoms with Gasteiger partial charge < -0.3 is 15.4 Å². The van der Waals surface area contributed by atoms with Crippen LogP contribution in [0.25, 0.3) is 10.1 Å². The molecule has 2 aromatic rings. The molecule has 1 amide bonds. The number of alkyl halides is 3. The molecule has 1 saturated heterocycles. The minimum absolute atomic E-state index is 0.00405. The van der Waals surface area contributed by atoms with E-state index in [1.54, 1.807) is 0 Å². The molecule has 0 atom stereocenters. The van der Waals surface area contributed by atoms with E-state index in [4.69, 9.17) is 5.73 Å². The van der Waals surface area contributed by atoms with Crippen LogP contribution in [-0.2, 0) is 11.0 Å². The third kappa shape index (κ3) is 3.45. The normalized spacial score (nSPS) is 16.6. The van der Waals surface area contributed by atoms with Gasteiger partial charge in [0.1, 0.15) is 10.7 Å². The van der Waals surface area contributed by atoms with E-state index in [2.05, 4.69) is 0 Å². The Balaban J connectivity index is 1.79. The first-order valence-electron chi connectivity index (χ1n) is 7.87. The highest BCUT2D eigenvalue weighted by Gasteiger charge is 2.43. The number of benzene rings is 1. The second-order valence-electron chi connectivity index (χ2n) is 6.68. The molecule has 2 heterocycles. The summed E-state index contributed by atoms with van der Waals surface area (Å²) in [6.45, 7) is 1.81. The first-order valence-corrected chi connectivity index (χ1v) is 8.69. The predicted molar refractivity (Wildman–Crippen MR) is 89.5 cm³/mol. The van der Waals surface area contributed by atoms with E-state index >= 15 is 0 Å². The van der Waals surface area contributed by atoms with Crippen LogP contribution in [0, 0.1) is 5.82 Å². The molecule has 3 rings (SSSR count). The van der Waals surface area contributed by atoms with Gasteiger partial charge >= 0.3 is 6.18 Å². The van der Waals surface area contributed by atoms with Gasteiger partial charge in [-0.3, -0.25) is 4.79 Å². The molecule has 1 aliphatic rings. The minimum Gasteiger partial charge on any atom is -0.334 e. The van der Waals surface area contributed by atoms with Crippen LogP contribution in [-0.4, -0.2) is 35.2 Å². The van der Waals surface area contributed by atoms with Crippen LogP contribution >= 0.6 is 11.3 Å². The summed E-state index contributed by atoms with van der Waals surface area (Å²) < 4.78 is 52.9. The molecule has 9 heteroatoms. The maximum Gasteiger partial charge on any atom is 0.416 e. The Labute approximate surface area is 150 Å². The highest BCUT2D eigenvalue weighted by molar-refractivity contribution is 7.20. The molecule has 0 bridgehead atoms. The molecule has 0 unspecified atom stereocenters. The summed E-state index contributed by atoms with van der Waals surface area (Å²) in [5.41, 5.74) is 4.50. The lowest BCUT2D eigenvalue weighted by Gasteiger charge is -2.47. The second-order valence-corrected chi connectivity index (χ2v) is 7.73. The number of hydrogen-bond acceptors (Lipinski definition) is 4. The zero-order valence-electron chi connectivity index (χ0n) is 13.8. The van der Waals surface area contributed by atoms with Crippen LogP contribution in [0.3, 0.4) is 0 Å². The van der Waals surface area contributed by atoms with E-state index in [1.165, 1.54) is 11.8 Å². The van der Waals surface area contributed by atoms with Crippen molar-refractivity contribution in [3.05, 3.63) is 34.5 Å². The third-order valence-corrected chi connectivity index (χ3v) is 5.54.